The van der Waals surface area contributed by atoms with E-state index >= 15 is 0 Å². The van der Waals surface area contributed by atoms with E-state index in [9.17, 15) is 9.59 Å². The van der Waals surface area contributed by atoms with Gasteiger partial charge in [0, 0.05) is 48.6 Å². The van der Waals surface area contributed by atoms with Crippen LogP contribution < -0.4 is 5.32 Å². The van der Waals surface area contributed by atoms with Crippen molar-refractivity contribution in [3.05, 3.63) is 24.0 Å². The second kappa shape index (κ2) is 7.45. The Bertz CT molecular complexity index is 621. The molecule has 4 aliphatic rings. The topological polar surface area (TPSA) is 52.7 Å². The lowest BCUT2D eigenvalue weighted by Gasteiger charge is -2.51. The van der Waals surface area contributed by atoms with Gasteiger partial charge in [0.1, 0.15) is 0 Å². The molecule has 1 saturated carbocycles. The Morgan fingerprint density at radius 1 is 1.19 bits per heavy atom. The zero-order valence-corrected chi connectivity index (χ0v) is 15.1. The predicted molar refractivity (Wildman–Crippen MR) is 103 cm³/mol. The van der Waals surface area contributed by atoms with Crippen molar-refractivity contribution in [3.8, 4) is 0 Å². The maximum absolute atomic E-state index is 12.8. The number of carbonyl (C=O) groups is 2. The van der Waals surface area contributed by atoms with Crippen LogP contribution in [0.5, 0.6) is 0 Å². The molecule has 5 nitrogen and oxygen atoms in total. The van der Waals surface area contributed by atoms with Gasteiger partial charge in [-0.2, -0.15) is 0 Å². The van der Waals surface area contributed by atoms with Gasteiger partial charge in [-0.1, -0.05) is 26.8 Å². The smallest absolute Gasteiger partial charge is 0.251 e. The molecule has 1 spiro atoms. The van der Waals surface area contributed by atoms with E-state index in [0.717, 1.165) is 38.9 Å². The highest BCUT2D eigenvalue weighted by molar-refractivity contribution is 6.01. The van der Waals surface area contributed by atoms with E-state index in [1.165, 1.54) is 37.8 Å². The highest BCUT2D eigenvalue weighted by atomic mass is 16.2. The van der Waals surface area contributed by atoms with E-state index in [4.69, 9.17) is 0 Å². The van der Waals surface area contributed by atoms with E-state index in [2.05, 4.69) is 16.8 Å². The maximum Gasteiger partial charge on any atom is 0.251 e. The Morgan fingerprint density at radius 2 is 1.96 bits per heavy atom. The van der Waals surface area contributed by atoms with E-state index in [0.29, 0.717) is 11.6 Å². The number of rotatable bonds is 2. The second-order valence-corrected chi connectivity index (χ2v) is 8.38. The van der Waals surface area contributed by atoms with Crippen LogP contribution in [0.4, 0.5) is 0 Å². The summed E-state index contributed by atoms with van der Waals surface area (Å²) in [7, 11) is 0. The molecule has 0 aromatic rings. The number of piperidine rings is 2. The molecule has 1 N–H and O–H groups in total. The number of likely N-dealkylation sites (tertiary alicyclic amines) is 2. The number of nitrogens with one attached hydrogen (secondary N) is 1. The maximum atomic E-state index is 12.8. The van der Waals surface area contributed by atoms with Crippen molar-refractivity contribution in [2.45, 2.75) is 71.3 Å². The van der Waals surface area contributed by atoms with Gasteiger partial charge < -0.3 is 15.1 Å². The third-order valence-corrected chi connectivity index (χ3v) is 6.60. The Balaban J connectivity index is 0.00000196. The van der Waals surface area contributed by atoms with Crippen LogP contribution >= 0.6 is 0 Å². The molecular formula is C21H33N3O2. The number of amides is 2. The van der Waals surface area contributed by atoms with E-state index in [-0.39, 0.29) is 31.1 Å². The molecule has 0 aromatic carbocycles. The molecule has 3 heterocycles. The van der Waals surface area contributed by atoms with Crippen LogP contribution in [0, 0.1) is 5.41 Å². The number of allylic oxidation sites excluding steroid dienone is 1. The lowest BCUT2D eigenvalue weighted by molar-refractivity contribution is -0.132. The Kier molecular flexibility index (Phi) is 5.44. The normalized spacial score (nSPS) is 29.6. The predicted octanol–water partition coefficient (Wildman–Crippen LogP) is 3.19. The first-order valence-corrected chi connectivity index (χ1v) is 9.78. The first-order valence-electron chi connectivity index (χ1n) is 9.78. The van der Waals surface area contributed by atoms with Gasteiger partial charge in [0.25, 0.3) is 5.91 Å². The van der Waals surface area contributed by atoms with E-state index in [1.54, 1.807) is 6.20 Å². The molecule has 2 amide bonds. The van der Waals surface area contributed by atoms with Crippen LogP contribution in [-0.2, 0) is 9.59 Å². The fourth-order valence-electron chi connectivity index (χ4n) is 5.21. The largest absolute Gasteiger partial charge is 0.372 e. The standard InChI is InChI=1S/C20H29N3O2.CH4/c1-15-7-9-20(14-23(15)17-5-2-3-6-17)8-4-10-22(13-20)19(25)16-11-18(24)21-12-16;/h12,17H,1-11,13-14H2,(H,21,24);1H4. The molecule has 1 aliphatic carbocycles. The molecule has 3 fully saturated rings. The molecule has 0 bridgehead atoms. The van der Waals surface area contributed by atoms with Crippen LogP contribution in [0.3, 0.4) is 0 Å². The monoisotopic (exact) mass is 359 g/mol. The lowest BCUT2D eigenvalue weighted by Crippen LogP contribution is -2.54. The first kappa shape index (κ1) is 19.0. The molecule has 0 aromatic heterocycles. The summed E-state index contributed by atoms with van der Waals surface area (Å²) >= 11 is 0. The summed E-state index contributed by atoms with van der Waals surface area (Å²) in [4.78, 5) is 28.8. The van der Waals surface area contributed by atoms with Crippen molar-refractivity contribution in [1.29, 1.82) is 0 Å². The number of nitrogens with zero attached hydrogens (tertiary/aromatic N) is 2. The van der Waals surface area contributed by atoms with Gasteiger partial charge in [0.2, 0.25) is 5.91 Å². The summed E-state index contributed by atoms with van der Waals surface area (Å²) in [5.74, 6) is -0.0225. The SMILES string of the molecule is C.C=C1CCC2(CCCN(C(=O)C3=CNC(=O)C3)C2)CN1C1CCCC1. The summed E-state index contributed by atoms with van der Waals surface area (Å²) < 4.78 is 0. The molecule has 2 saturated heterocycles. The Labute approximate surface area is 157 Å². The molecule has 144 valence electrons. The zero-order valence-electron chi connectivity index (χ0n) is 15.1. The van der Waals surface area contributed by atoms with Gasteiger partial charge in [-0.3, -0.25) is 9.59 Å². The lowest BCUT2D eigenvalue weighted by atomic mass is 9.72. The van der Waals surface area contributed by atoms with Crippen molar-refractivity contribution in [2.75, 3.05) is 19.6 Å². The molecular weight excluding hydrogens is 326 g/mol. The van der Waals surface area contributed by atoms with Gasteiger partial charge in [-0.25, -0.2) is 0 Å². The summed E-state index contributed by atoms with van der Waals surface area (Å²) in [6.07, 6.45) is 11.5. The van der Waals surface area contributed by atoms with Crippen molar-refractivity contribution in [1.82, 2.24) is 15.1 Å². The van der Waals surface area contributed by atoms with Gasteiger partial charge >= 0.3 is 0 Å². The second-order valence-electron chi connectivity index (χ2n) is 8.38. The Hall–Kier alpha value is -1.78. The van der Waals surface area contributed by atoms with Crippen LogP contribution in [0.15, 0.2) is 24.0 Å². The molecule has 5 heteroatoms. The van der Waals surface area contributed by atoms with Crippen molar-refractivity contribution in [3.63, 3.8) is 0 Å². The van der Waals surface area contributed by atoms with Gasteiger partial charge in [0.05, 0.1) is 6.42 Å². The summed E-state index contributed by atoms with van der Waals surface area (Å²) in [6.45, 7) is 7.03. The minimum Gasteiger partial charge on any atom is -0.372 e. The fourth-order valence-corrected chi connectivity index (χ4v) is 5.21. The van der Waals surface area contributed by atoms with Crippen LogP contribution in [-0.4, -0.2) is 47.3 Å². The van der Waals surface area contributed by atoms with Crippen molar-refractivity contribution < 1.29 is 9.59 Å². The highest BCUT2D eigenvalue weighted by Gasteiger charge is 2.43. The minimum atomic E-state index is -0.0727. The average molecular weight is 360 g/mol. The molecule has 4 rings (SSSR count). The minimum absolute atomic E-state index is 0. The van der Waals surface area contributed by atoms with Crippen LogP contribution in [0.25, 0.3) is 0 Å². The summed E-state index contributed by atoms with van der Waals surface area (Å²) in [5, 5.41) is 2.64. The quantitative estimate of drug-likeness (QED) is 0.824. The molecule has 0 radical (unpaired) electrons. The zero-order chi connectivity index (χ0) is 17.4. The van der Waals surface area contributed by atoms with Gasteiger partial charge in [-0.05, 0) is 38.5 Å². The first-order chi connectivity index (χ1) is 12.1. The van der Waals surface area contributed by atoms with E-state index in [1.807, 2.05) is 4.90 Å². The number of hydrogen-bond donors (Lipinski definition) is 1. The molecule has 3 aliphatic heterocycles. The highest BCUT2D eigenvalue weighted by Crippen LogP contribution is 2.43. The fraction of sp³-hybridized carbons (Fsp3) is 0.714. The van der Waals surface area contributed by atoms with Crippen LogP contribution in [0.1, 0.15) is 65.2 Å². The van der Waals surface area contributed by atoms with E-state index < -0.39 is 0 Å². The number of carbonyl (C=O) groups excluding carboxylic acids is 2. The Morgan fingerprint density at radius 3 is 2.65 bits per heavy atom. The molecule has 1 unspecified atom stereocenters. The number of hydrogen-bond acceptors (Lipinski definition) is 3. The molecule has 1 atom stereocenters. The van der Waals surface area contributed by atoms with Crippen molar-refractivity contribution >= 4 is 11.8 Å². The molecule has 26 heavy (non-hydrogen) atoms. The summed E-state index contributed by atoms with van der Waals surface area (Å²) in [6, 6.07) is 0.662. The average Bonchev–Trinajstić information content (AvgIpc) is 3.28. The van der Waals surface area contributed by atoms with Gasteiger partial charge in [-0.15, -0.1) is 0 Å². The third-order valence-electron chi connectivity index (χ3n) is 6.60. The van der Waals surface area contributed by atoms with Gasteiger partial charge in [0.15, 0.2) is 0 Å². The third kappa shape index (κ3) is 3.53. The van der Waals surface area contributed by atoms with Crippen molar-refractivity contribution in [2.24, 2.45) is 5.41 Å². The van der Waals surface area contributed by atoms with Crippen LogP contribution in [0.2, 0.25) is 0 Å². The summed E-state index contributed by atoms with van der Waals surface area (Å²) in [5.41, 5.74) is 2.12.